The van der Waals surface area contributed by atoms with Gasteiger partial charge in [0.15, 0.2) is 5.75 Å². The van der Waals surface area contributed by atoms with Gasteiger partial charge in [0.1, 0.15) is 11.5 Å². The van der Waals surface area contributed by atoms with Crippen LogP contribution in [0.1, 0.15) is 33.6 Å². The number of thiophene rings is 1. The van der Waals surface area contributed by atoms with Gasteiger partial charge in [-0.3, -0.25) is 9.59 Å². The van der Waals surface area contributed by atoms with E-state index in [0.717, 1.165) is 36.1 Å². The fraction of sp³-hybridized carbons (Fsp3) is 0.316. The first-order chi connectivity index (χ1) is 13.0. The number of benzene rings is 1. The van der Waals surface area contributed by atoms with Crippen LogP contribution in [0.25, 0.3) is 0 Å². The number of primary amides is 1. The maximum absolute atomic E-state index is 12.6. The molecule has 0 spiro atoms. The van der Waals surface area contributed by atoms with Gasteiger partial charge in [0.05, 0.1) is 17.8 Å². The summed E-state index contributed by atoms with van der Waals surface area (Å²) in [4.78, 5) is 39.2. The number of aryl methyl sites for hydroxylation is 1. The molecule has 8 heteroatoms. The summed E-state index contributed by atoms with van der Waals surface area (Å²) >= 11 is 1.42. The summed E-state index contributed by atoms with van der Waals surface area (Å²) in [5.41, 5.74) is 7.66. The van der Waals surface area contributed by atoms with Gasteiger partial charge in [0.25, 0.3) is 5.91 Å². The third-order valence-corrected chi connectivity index (χ3v) is 5.96. The minimum atomic E-state index is -0.517. The highest BCUT2D eigenvalue weighted by Gasteiger charge is 2.28. The first-order valence-corrected chi connectivity index (χ1v) is 9.63. The topological polar surface area (TPSA) is 102 Å². The summed E-state index contributed by atoms with van der Waals surface area (Å²) in [7, 11) is 0. The van der Waals surface area contributed by atoms with Crippen molar-refractivity contribution in [3.63, 3.8) is 0 Å². The maximum Gasteiger partial charge on any atom is 0.331 e. The normalized spacial score (nSPS) is 15.6. The Kier molecular flexibility index (Phi) is 4.57. The Morgan fingerprint density at radius 3 is 2.81 bits per heavy atom. The van der Waals surface area contributed by atoms with Crippen LogP contribution < -0.4 is 20.7 Å². The van der Waals surface area contributed by atoms with Crippen LogP contribution in [-0.2, 0) is 22.4 Å². The molecule has 1 aliphatic carbocycles. The molecule has 0 saturated heterocycles. The summed E-state index contributed by atoms with van der Waals surface area (Å²) in [6, 6.07) is 7.08. The van der Waals surface area contributed by atoms with E-state index in [-0.39, 0.29) is 19.0 Å². The van der Waals surface area contributed by atoms with Crippen LogP contribution in [-0.4, -0.2) is 30.9 Å². The van der Waals surface area contributed by atoms with Crippen LogP contribution in [0.15, 0.2) is 24.3 Å². The maximum atomic E-state index is 12.6. The van der Waals surface area contributed by atoms with E-state index in [1.807, 2.05) is 6.07 Å². The molecule has 2 heterocycles. The molecule has 2 amide bonds. The molecule has 2 aromatic rings. The Morgan fingerprint density at radius 1 is 1.22 bits per heavy atom. The third kappa shape index (κ3) is 3.40. The number of carbonyl (C=O) groups is 3. The van der Waals surface area contributed by atoms with E-state index in [0.29, 0.717) is 22.0 Å². The van der Waals surface area contributed by atoms with Gasteiger partial charge in [-0.1, -0.05) is 12.1 Å². The molecular weight excluding hydrogens is 366 g/mol. The van der Waals surface area contributed by atoms with Crippen molar-refractivity contribution in [2.45, 2.75) is 25.7 Å². The number of fused-ring (bicyclic) bond motifs is 2. The minimum absolute atomic E-state index is 0.00590. The molecule has 0 saturated carbocycles. The molecule has 3 N–H and O–H groups in total. The number of ether oxygens (including phenoxy) is 1. The quantitative estimate of drug-likeness (QED) is 0.620. The lowest BCUT2D eigenvalue weighted by molar-refractivity contribution is -0.133. The predicted octanol–water partition coefficient (Wildman–Crippen LogP) is 2.09. The number of anilines is 2. The zero-order chi connectivity index (χ0) is 19.0. The van der Waals surface area contributed by atoms with E-state index < -0.39 is 11.9 Å². The van der Waals surface area contributed by atoms with Crippen LogP contribution in [0.5, 0.6) is 5.75 Å². The van der Waals surface area contributed by atoms with Crippen molar-refractivity contribution < 1.29 is 19.1 Å². The molecule has 0 unspecified atom stereocenters. The predicted molar refractivity (Wildman–Crippen MR) is 102 cm³/mol. The molecule has 1 aliphatic heterocycles. The lowest BCUT2D eigenvalue weighted by Crippen LogP contribution is -2.41. The van der Waals surface area contributed by atoms with Crippen LogP contribution in [0, 0.1) is 0 Å². The fourth-order valence-corrected chi connectivity index (χ4v) is 4.91. The lowest BCUT2D eigenvalue weighted by atomic mass is 9.95. The van der Waals surface area contributed by atoms with Crippen LogP contribution >= 0.6 is 11.3 Å². The van der Waals surface area contributed by atoms with Gasteiger partial charge >= 0.3 is 5.97 Å². The van der Waals surface area contributed by atoms with E-state index in [1.165, 1.54) is 11.3 Å². The monoisotopic (exact) mass is 385 g/mol. The smallest absolute Gasteiger partial charge is 0.331 e. The number of rotatable bonds is 4. The van der Waals surface area contributed by atoms with Gasteiger partial charge in [-0.05, 0) is 43.4 Å². The Balaban J connectivity index is 1.55. The Morgan fingerprint density at radius 2 is 2.00 bits per heavy atom. The van der Waals surface area contributed by atoms with Gasteiger partial charge in [0, 0.05) is 4.88 Å². The highest BCUT2D eigenvalue weighted by Crippen LogP contribution is 2.38. The van der Waals surface area contributed by atoms with Gasteiger partial charge in [-0.2, -0.15) is 0 Å². The van der Waals surface area contributed by atoms with Crippen molar-refractivity contribution in [1.82, 2.24) is 0 Å². The van der Waals surface area contributed by atoms with Crippen molar-refractivity contribution in [2.24, 2.45) is 5.73 Å². The summed E-state index contributed by atoms with van der Waals surface area (Å²) in [6.45, 7) is -0.0269. The molecule has 140 valence electrons. The Hall–Kier alpha value is -2.87. The van der Waals surface area contributed by atoms with Gasteiger partial charge < -0.3 is 20.7 Å². The molecule has 4 rings (SSSR count). The average Bonchev–Trinajstić information content (AvgIpc) is 2.99. The van der Waals surface area contributed by atoms with Crippen molar-refractivity contribution in [3.8, 4) is 5.75 Å². The number of nitrogens with zero attached hydrogens (tertiary/aromatic N) is 1. The van der Waals surface area contributed by atoms with Crippen molar-refractivity contribution in [2.75, 3.05) is 23.3 Å². The van der Waals surface area contributed by atoms with Crippen LogP contribution in [0.3, 0.4) is 0 Å². The SMILES string of the molecule is NC(=O)c1c(NC(=O)CN2CC(=O)Oc3ccccc32)sc2c1CCCC2. The Labute approximate surface area is 160 Å². The van der Waals surface area contributed by atoms with Crippen molar-refractivity contribution >= 4 is 39.8 Å². The number of hydrogen-bond acceptors (Lipinski definition) is 6. The number of nitrogens with two attached hydrogens (primary N) is 1. The minimum Gasteiger partial charge on any atom is -0.423 e. The number of amides is 2. The molecule has 27 heavy (non-hydrogen) atoms. The zero-order valence-electron chi connectivity index (χ0n) is 14.6. The number of nitrogens with one attached hydrogen (secondary N) is 1. The highest BCUT2D eigenvalue weighted by molar-refractivity contribution is 7.17. The fourth-order valence-electron chi connectivity index (χ4n) is 3.60. The van der Waals surface area contributed by atoms with Gasteiger partial charge in [-0.15, -0.1) is 11.3 Å². The zero-order valence-corrected chi connectivity index (χ0v) is 15.4. The first-order valence-electron chi connectivity index (χ1n) is 8.82. The van der Waals surface area contributed by atoms with E-state index in [2.05, 4.69) is 5.32 Å². The molecule has 0 radical (unpaired) electrons. The molecule has 0 atom stereocenters. The molecule has 1 aromatic heterocycles. The number of carbonyl (C=O) groups excluding carboxylic acids is 3. The van der Waals surface area contributed by atoms with Crippen LogP contribution in [0.2, 0.25) is 0 Å². The Bertz CT molecular complexity index is 937. The molecule has 0 fully saturated rings. The van der Waals surface area contributed by atoms with Gasteiger partial charge in [-0.25, -0.2) is 4.79 Å². The average molecular weight is 385 g/mol. The van der Waals surface area contributed by atoms with E-state index in [9.17, 15) is 14.4 Å². The van der Waals surface area contributed by atoms with Crippen LogP contribution in [0.4, 0.5) is 10.7 Å². The first kappa shape index (κ1) is 17.5. The second-order valence-corrected chi connectivity index (χ2v) is 7.73. The summed E-state index contributed by atoms with van der Waals surface area (Å²) in [5.74, 6) is -0.797. The number of hydrogen-bond donors (Lipinski definition) is 2. The standard InChI is InChI=1S/C19H19N3O4S/c20-18(25)17-11-5-1-4-8-14(11)27-19(17)21-15(23)9-22-10-16(24)26-13-7-3-2-6-12(13)22/h2-3,6-7H,1,4-5,8-10H2,(H2,20,25)(H,21,23). The summed E-state index contributed by atoms with van der Waals surface area (Å²) in [6.07, 6.45) is 3.81. The highest BCUT2D eigenvalue weighted by atomic mass is 32.1. The third-order valence-electron chi connectivity index (χ3n) is 4.75. The molecule has 0 bridgehead atoms. The van der Waals surface area contributed by atoms with Crippen molar-refractivity contribution in [1.29, 1.82) is 0 Å². The van der Waals surface area contributed by atoms with E-state index >= 15 is 0 Å². The van der Waals surface area contributed by atoms with Gasteiger partial charge in [0.2, 0.25) is 5.91 Å². The molecule has 1 aromatic carbocycles. The molecule has 2 aliphatic rings. The largest absolute Gasteiger partial charge is 0.423 e. The second kappa shape index (κ2) is 7.03. The lowest BCUT2D eigenvalue weighted by Gasteiger charge is -2.29. The van der Waals surface area contributed by atoms with E-state index in [1.54, 1.807) is 23.1 Å². The number of para-hydroxylation sites is 2. The molecule has 7 nitrogen and oxygen atoms in total. The second-order valence-electron chi connectivity index (χ2n) is 6.63. The van der Waals surface area contributed by atoms with E-state index in [4.69, 9.17) is 10.5 Å². The van der Waals surface area contributed by atoms with Crippen molar-refractivity contribution in [3.05, 3.63) is 40.3 Å². The molecular formula is C19H19N3O4S. The summed E-state index contributed by atoms with van der Waals surface area (Å²) in [5, 5.41) is 3.33. The number of esters is 1. The summed E-state index contributed by atoms with van der Waals surface area (Å²) < 4.78 is 5.20.